The van der Waals surface area contributed by atoms with Crippen LogP contribution in [-0.2, 0) is 14.3 Å². The monoisotopic (exact) mass is 340 g/mol. The number of rotatable bonds is 7. The van der Waals surface area contributed by atoms with E-state index in [2.05, 4.69) is 10.5 Å². The lowest BCUT2D eigenvalue weighted by Gasteiger charge is -2.09. The van der Waals surface area contributed by atoms with E-state index in [0.717, 1.165) is 11.1 Å². The molecule has 1 aromatic rings. The quantitative estimate of drug-likeness (QED) is 0.470. The number of hydrogen-bond donors (Lipinski definition) is 1. The van der Waals surface area contributed by atoms with E-state index in [-0.39, 0.29) is 19.0 Å². The van der Waals surface area contributed by atoms with E-state index in [1.165, 1.54) is 0 Å². The van der Waals surface area contributed by atoms with E-state index >= 15 is 0 Å². The molecule has 0 unspecified atom stereocenters. The van der Waals surface area contributed by atoms with Gasteiger partial charge in [0.1, 0.15) is 5.75 Å². The first kappa shape index (κ1) is 19.0. The molecule has 1 aromatic carbocycles. The van der Waals surface area contributed by atoms with Crippen LogP contribution in [0.25, 0.3) is 0 Å². The van der Waals surface area contributed by atoms with E-state index in [1.54, 1.807) is 26.0 Å². The average molecular weight is 341 g/mol. The van der Waals surface area contributed by atoms with Gasteiger partial charge in [0.25, 0.3) is 5.91 Å². The standard InChI is InChI=1S/C16H21ClN2O4/c1-5-22-15(21)8-12(4)18-19-14(20)9-23-13-6-10(2)16(17)11(3)7-13/h6-7H,5,8-9H2,1-4H3,(H,19,20). The van der Waals surface area contributed by atoms with Crippen LogP contribution >= 0.6 is 11.6 Å². The first-order valence-corrected chi connectivity index (χ1v) is 7.58. The summed E-state index contributed by atoms with van der Waals surface area (Å²) in [5.74, 6) is -0.239. The molecule has 0 saturated heterocycles. The number of benzene rings is 1. The van der Waals surface area contributed by atoms with Gasteiger partial charge in [0.05, 0.1) is 13.0 Å². The second kappa shape index (κ2) is 9.15. The molecule has 0 atom stereocenters. The van der Waals surface area contributed by atoms with Gasteiger partial charge in [-0.2, -0.15) is 5.10 Å². The number of carbonyl (C=O) groups excluding carboxylic acids is 2. The molecule has 0 fully saturated rings. The molecule has 7 heteroatoms. The van der Waals surface area contributed by atoms with Crippen molar-refractivity contribution in [3.05, 3.63) is 28.3 Å². The number of nitrogens with one attached hydrogen (secondary N) is 1. The number of aryl methyl sites for hydroxylation is 2. The molecule has 1 N–H and O–H groups in total. The zero-order valence-corrected chi connectivity index (χ0v) is 14.5. The van der Waals surface area contributed by atoms with Crippen LogP contribution in [0.1, 0.15) is 31.4 Å². The van der Waals surface area contributed by atoms with Gasteiger partial charge in [0, 0.05) is 10.7 Å². The molecule has 0 bridgehead atoms. The van der Waals surface area contributed by atoms with Crippen LogP contribution in [0.3, 0.4) is 0 Å². The second-order valence-electron chi connectivity index (χ2n) is 5.02. The summed E-state index contributed by atoms with van der Waals surface area (Å²) in [5.41, 5.74) is 4.54. The van der Waals surface area contributed by atoms with Crippen LogP contribution in [0.2, 0.25) is 5.02 Å². The van der Waals surface area contributed by atoms with Crippen LogP contribution in [-0.4, -0.2) is 30.8 Å². The maximum atomic E-state index is 11.7. The molecule has 0 aliphatic carbocycles. The number of carbonyl (C=O) groups is 2. The van der Waals surface area contributed by atoms with E-state index in [9.17, 15) is 9.59 Å². The summed E-state index contributed by atoms with van der Waals surface area (Å²) in [6.07, 6.45) is 0.0323. The van der Waals surface area contributed by atoms with Gasteiger partial charge >= 0.3 is 5.97 Å². The van der Waals surface area contributed by atoms with Gasteiger partial charge in [-0.25, -0.2) is 5.43 Å². The fourth-order valence-corrected chi connectivity index (χ4v) is 1.90. The van der Waals surface area contributed by atoms with Gasteiger partial charge in [0.2, 0.25) is 0 Å². The minimum absolute atomic E-state index is 0.0323. The summed E-state index contributed by atoms with van der Waals surface area (Å²) in [6.45, 7) is 7.22. The van der Waals surface area contributed by atoms with Crippen LogP contribution < -0.4 is 10.2 Å². The topological polar surface area (TPSA) is 77.0 Å². The second-order valence-corrected chi connectivity index (χ2v) is 5.40. The summed E-state index contributed by atoms with van der Waals surface area (Å²) in [7, 11) is 0. The van der Waals surface area contributed by atoms with Crippen LogP contribution in [0.5, 0.6) is 5.75 Å². The van der Waals surface area contributed by atoms with Crippen LogP contribution in [0.4, 0.5) is 0 Å². The number of nitrogens with zero attached hydrogens (tertiary/aromatic N) is 1. The molecule has 0 spiro atoms. The van der Waals surface area contributed by atoms with Crippen molar-refractivity contribution in [2.45, 2.75) is 34.1 Å². The van der Waals surface area contributed by atoms with E-state index in [1.807, 2.05) is 13.8 Å². The average Bonchev–Trinajstić information content (AvgIpc) is 2.48. The fourth-order valence-electron chi connectivity index (χ4n) is 1.79. The van der Waals surface area contributed by atoms with E-state index < -0.39 is 5.91 Å². The Bertz CT molecular complexity index is 591. The first-order valence-electron chi connectivity index (χ1n) is 7.20. The van der Waals surface area contributed by atoms with Crippen molar-refractivity contribution >= 4 is 29.2 Å². The molecule has 23 heavy (non-hydrogen) atoms. The predicted molar refractivity (Wildman–Crippen MR) is 88.9 cm³/mol. The molecule has 6 nitrogen and oxygen atoms in total. The maximum Gasteiger partial charge on any atom is 0.311 e. The minimum Gasteiger partial charge on any atom is -0.484 e. The highest BCUT2D eigenvalue weighted by molar-refractivity contribution is 6.32. The largest absolute Gasteiger partial charge is 0.484 e. The summed E-state index contributed by atoms with van der Waals surface area (Å²) in [6, 6.07) is 3.52. The van der Waals surface area contributed by atoms with Gasteiger partial charge in [-0.05, 0) is 51.0 Å². The lowest BCUT2D eigenvalue weighted by molar-refractivity contribution is -0.141. The van der Waals surface area contributed by atoms with Gasteiger partial charge in [-0.1, -0.05) is 11.6 Å². The smallest absolute Gasteiger partial charge is 0.311 e. The third-order valence-corrected chi connectivity index (χ3v) is 3.45. The Morgan fingerprint density at radius 1 is 1.26 bits per heavy atom. The zero-order valence-electron chi connectivity index (χ0n) is 13.7. The molecule has 1 rings (SSSR count). The molecular formula is C16H21ClN2O4. The Hall–Kier alpha value is -2.08. The van der Waals surface area contributed by atoms with Crippen molar-refractivity contribution in [1.82, 2.24) is 5.43 Å². The Morgan fingerprint density at radius 3 is 2.43 bits per heavy atom. The van der Waals surface area contributed by atoms with Crippen molar-refractivity contribution < 1.29 is 19.1 Å². The summed E-state index contributed by atoms with van der Waals surface area (Å²) in [4.78, 5) is 22.9. The van der Waals surface area contributed by atoms with Crippen molar-refractivity contribution in [2.24, 2.45) is 5.10 Å². The van der Waals surface area contributed by atoms with Gasteiger partial charge in [0.15, 0.2) is 6.61 Å². The lowest BCUT2D eigenvalue weighted by atomic mass is 10.1. The zero-order chi connectivity index (χ0) is 17.4. The van der Waals surface area contributed by atoms with Crippen LogP contribution in [0.15, 0.2) is 17.2 Å². The minimum atomic E-state index is -0.418. The lowest BCUT2D eigenvalue weighted by Crippen LogP contribution is -2.26. The molecule has 0 aliphatic rings. The van der Waals surface area contributed by atoms with E-state index in [4.69, 9.17) is 21.1 Å². The number of esters is 1. The first-order chi connectivity index (χ1) is 10.8. The van der Waals surface area contributed by atoms with Crippen molar-refractivity contribution in [3.63, 3.8) is 0 Å². The third kappa shape index (κ3) is 6.69. The Kier molecular flexibility index (Phi) is 7.54. The van der Waals surface area contributed by atoms with Gasteiger partial charge < -0.3 is 9.47 Å². The Morgan fingerprint density at radius 2 is 1.87 bits per heavy atom. The van der Waals surface area contributed by atoms with Crippen molar-refractivity contribution in [3.8, 4) is 5.75 Å². The highest BCUT2D eigenvalue weighted by atomic mass is 35.5. The number of amides is 1. The number of ether oxygens (including phenoxy) is 2. The third-order valence-electron chi connectivity index (χ3n) is 2.86. The summed E-state index contributed by atoms with van der Waals surface area (Å²) >= 11 is 6.07. The van der Waals surface area contributed by atoms with Gasteiger partial charge in [-0.3, -0.25) is 9.59 Å². The fraction of sp³-hybridized carbons (Fsp3) is 0.438. The molecule has 0 heterocycles. The highest BCUT2D eigenvalue weighted by Gasteiger charge is 2.07. The Labute approximate surface area is 140 Å². The SMILES string of the molecule is CCOC(=O)CC(C)=NNC(=O)COc1cc(C)c(Cl)c(C)c1. The molecule has 0 radical (unpaired) electrons. The molecule has 0 aliphatic heterocycles. The van der Waals surface area contributed by atoms with Crippen molar-refractivity contribution in [2.75, 3.05) is 13.2 Å². The number of hydrogen-bond acceptors (Lipinski definition) is 5. The number of hydrazone groups is 1. The summed E-state index contributed by atoms with van der Waals surface area (Å²) in [5, 5.41) is 4.50. The van der Waals surface area contributed by atoms with Crippen LogP contribution in [0, 0.1) is 13.8 Å². The van der Waals surface area contributed by atoms with Gasteiger partial charge in [-0.15, -0.1) is 0 Å². The molecule has 0 saturated carbocycles. The normalized spacial score (nSPS) is 11.1. The predicted octanol–water partition coefficient (Wildman–Crippen LogP) is 2.78. The summed E-state index contributed by atoms with van der Waals surface area (Å²) < 4.78 is 10.2. The molecule has 1 amide bonds. The number of halogens is 1. The maximum absolute atomic E-state index is 11.7. The Balaban J connectivity index is 2.47. The van der Waals surface area contributed by atoms with E-state index in [0.29, 0.717) is 23.1 Å². The van der Waals surface area contributed by atoms with Crippen molar-refractivity contribution in [1.29, 1.82) is 0 Å². The molecular weight excluding hydrogens is 320 g/mol. The molecule has 126 valence electrons. The molecule has 0 aromatic heterocycles. The highest BCUT2D eigenvalue weighted by Crippen LogP contribution is 2.25.